The summed E-state index contributed by atoms with van der Waals surface area (Å²) >= 11 is 0. The van der Waals surface area contributed by atoms with E-state index in [1.165, 1.54) is 0 Å². The standard InChI is InChI=1S/C25H34F2O3/c1-16(2)21-12-19(25(5,6)7)13-22(24(21)30-15-20(27)14-26)18(4)10-8-9-17(3)11-23(28)29/h8-13,16,20H,14-15H2,1-7H3,(H,28,29)/b9-8+,17-11+,18-10+. The zero-order valence-corrected chi connectivity index (χ0v) is 19.1. The number of ether oxygens (including phenoxy) is 1. The van der Waals surface area contributed by atoms with Crippen molar-refractivity contribution in [3.8, 4) is 5.75 Å². The molecule has 1 aromatic carbocycles. The molecule has 0 spiro atoms. The van der Waals surface area contributed by atoms with Crippen molar-refractivity contribution >= 4 is 11.5 Å². The molecule has 0 heterocycles. The number of rotatable bonds is 9. The van der Waals surface area contributed by atoms with Crippen LogP contribution in [0.25, 0.3) is 5.57 Å². The van der Waals surface area contributed by atoms with E-state index in [1.54, 1.807) is 19.1 Å². The number of allylic oxidation sites excluding steroid dienone is 5. The molecule has 0 radical (unpaired) electrons. The van der Waals surface area contributed by atoms with Crippen LogP contribution in [0.1, 0.15) is 71.1 Å². The average Bonchev–Trinajstić information content (AvgIpc) is 2.63. The second kappa shape index (κ2) is 11.1. The van der Waals surface area contributed by atoms with Crippen LogP contribution >= 0.6 is 0 Å². The Hall–Kier alpha value is -2.43. The summed E-state index contributed by atoms with van der Waals surface area (Å²) in [4.78, 5) is 10.8. The van der Waals surface area contributed by atoms with Crippen LogP contribution in [0.2, 0.25) is 0 Å². The maximum Gasteiger partial charge on any atom is 0.328 e. The molecule has 1 unspecified atom stereocenters. The zero-order valence-electron chi connectivity index (χ0n) is 19.1. The quantitative estimate of drug-likeness (QED) is 0.354. The van der Waals surface area contributed by atoms with Gasteiger partial charge in [0.2, 0.25) is 0 Å². The van der Waals surface area contributed by atoms with Gasteiger partial charge < -0.3 is 9.84 Å². The third-order valence-electron chi connectivity index (χ3n) is 4.66. The van der Waals surface area contributed by atoms with Gasteiger partial charge in [0.1, 0.15) is 19.0 Å². The number of benzene rings is 1. The fourth-order valence-electron chi connectivity index (χ4n) is 2.86. The average molecular weight is 421 g/mol. The molecule has 30 heavy (non-hydrogen) atoms. The molecule has 0 aliphatic carbocycles. The lowest BCUT2D eigenvalue weighted by Gasteiger charge is -2.26. The summed E-state index contributed by atoms with van der Waals surface area (Å²) in [5.41, 5.74) is 4.28. The highest BCUT2D eigenvalue weighted by molar-refractivity contribution is 5.81. The minimum absolute atomic E-state index is 0.102. The monoisotopic (exact) mass is 420 g/mol. The van der Waals surface area contributed by atoms with Gasteiger partial charge in [0.15, 0.2) is 6.17 Å². The van der Waals surface area contributed by atoms with E-state index < -0.39 is 18.8 Å². The van der Waals surface area contributed by atoms with Gasteiger partial charge in [-0.15, -0.1) is 0 Å². The highest BCUT2D eigenvalue weighted by Gasteiger charge is 2.22. The Kier molecular flexibility index (Phi) is 9.47. The highest BCUT2D eigenvalue weighted by atomic mass is 19.2. The summed E-state index contributed by atoms with van der Waals surface area (Å²) in [5.74, 6) is -0.302. The Morgan fingerprint density at radius 3 is 2.37 bits per heavy atom. The van der Waals surface area contributed by atoms with E-state index >= 15 is 0 Å². The van der Waals surface area contributed by atoms with Crippen molar-refractivity contribution in [1.29, 1.82) is 0 Å². The molecular formula is C25H34F2O3. The number of aliphatic carboxylic acids is 1. The summed E-state index contributed by atoms with van der Waals surface area (Å²) in [6, 6.07) is 4.11. The van der Waals surface area contributed by atoms with Crippen molar-refractivity contribution in [2.75, 3.05) is 13.3 Å². The lowest BCUT2D eigenvalue weighted by molar-refractivity contribution is -0.131. The minimum Gasteiger partial charge on any atom is -0.490 e. The van der Waals surface area contributed by atoms with Crippen LogP contribution in [0.5, 0.6) is 5.75 Å². The number of hydrogen-bond acceptors (Lipinski definition) is 2. The third kappa shape index (κ3) is 7.77. The smallest absolute Gasteiger partial charge is 0.328 e. The summed E-state index contributed by atoms with van der Waals surface area (Å²) in [6.45, 7) is 12.6. The number of hydrogen-bond donors (Lipinski definition) is 1. The fraction of sp³-hybridized carbons (Fsp3) is 0.480. The molecule has 3 nitrogen and oxygen atoms in total. The van der Waals surface area contributed by atoms with E-state index in [0.717, 1.165) is 28.3 Å². The largest absolute Gasteiger partial charge is 0.490 e. The zero-order chi connectivity index (χ0) is 23.1. The van der Waals surface area contributed by atoms with Gasteiger partial charge in [-0.1, -0.05) is 58.9 Å². The summed E-state index contributed by atoms with van der Waals surface area (Å²) in [6.07, 6.45) is 4.79. The molecule has 166 valence electrons. The first-order valence-corrected chi connectivity index (χ1v) is 10.1. The van der Waals surface area contributed by atoms with Crippen molar-refractivity contribution in [3.05, 3.63) is 58.7 Å². The van der Waals surface area contributed by atoms with E-state index in [4.69, 9.17) is 9.84 Å². The van der Waals surface area contributed by atoms with Crippen molar-refractivity contribution in [3.63, 3.8) is 0 Å². The molecule has 0 saturated heterocycles. The fourth-order valence-corrected chi connectivity index (χ4v) is 2.86. The Morgan fingerprint density at radius 1 is 1.23 bits per heavy atom. The lowest BCUT2D eigenvalue weighted by Crippen LogP contribution is -2.18. The summed E-state index contributed by atoms with van der Waals surface area (Å²) in [7, 11) is 0. The number of carboxylic acids is 1. The van der Waals surface area contributed by atoms with Crippen molar-refractivity contribution in [2.24, 2.45) is 0 Å². The molecule has 1 aromatic rings. The van der Waals surface area contributed by atoms with Crippen LogP contribution in [0.3, 0.4) is 0 Å². The predicted octanol–water partition coefficient (Wildman–Crippen LogP) is 6.78. The van der Waals surface area contributed by atoms with Gasteiger partial charge in [0.05, 0.1) is 0 Å². The number of carbonyl (C=O) groups is 1. The summed E-state index contributed by atoms with van der Waals surface area (Å²) < 4.78 is 32.0. The van der Waals surface area contributed by atoms with Gasteiger partial charge in [0, 0.05) is 11.6 Å². The van der Waals surface area contributed by atoms with Gasteiger partial charge in [-0.25, -0.2) is 13.6 Å². The Balaban J connectivity index is 3.53. The van der Waals surface area contributed by atoms with Gasteiger partial charge in [-0.05, 0) is 53.5 Å². The van der Waals surface area contributed by atoms with E-state index in [0.29, 0.717) is 11.3 Å². The maximum absolute atomic E-state index is 13.6. The van der Waals surface area contributed by atoms with E-state index in [9.17, 15) is 13.6 Å². The van der Waals surface area contributed by atoms with Crippen LogP contribution in [-0.2, 0) is 10.2 Å². The maximum atomic E-state index is 13.6. The second-order valence-corrected chi connectivity index (χ2v) is 8.84. The van der Waals surface area contributed by atoms with Crippen molar-refractivity contribution < 1.29 is 23.4 Å². The molecule has 5 heteroatoms. The van der Waals surface area contributed by atoms with E-state index in [2.05, 4.69) is 26.8 Å². The summed E-state index contributed by atoms with van der Waals surface area (Å²) in [5, 5.41) is 8.82. The van der Waals surface area contributed by atoms with Crippen LogP contribution < -0.4 is 4.74 Å². The minimum atomic E-state index is -1.67. The van der Waals surface area contributed by atoms with Gasteiger partial charge >= 0.3 is 5.97 Å². The molecule has 0 amide bonds. The molecule has 0 aromatic heterocycles. The molecule has 1 N–H and O–H groups in total. The van der Waals surface area contributed by atoms with Crippen LogP contribution in [-0.4, -0.2) is 30.5 Å². The predicted molar refractivity (Wildman–Crippen MR) is 120 cm³/mol. The number of carboxylic acid groups (broad SMARTS) is 1. The number of halogens is 2. The van der Waals surface area contributed by atoms with Gasteiger partial charge in [-0.3, -0.25) is 0 Å². The molecule has 0 fully saturated rings. The highest BCUT2D eigenvalue weighted by Crippen LogP contribution is 2.39. The molecule has 1 rings (SSSR count). The van der Waals surface area contributed by atoms with Crippen molar-refractivity contribution in [1.82, 2.24) is 0 Å². The Labute approximate surface area is 179 Å². The van der Waals surface area contributed by atoms with Crippen molar-refractivity contribution in [2.45, 2.75) is 66.0 Å². The van der Waals surface area contributed by atoms with E-state index in [-0.39, 0.29) is 17.9 Å². The first kappa shape index (κ1) is 25.6. The van der Waals surface area contributed by atoms with Crippen LogP contribution in [0.4, 0.5) is 8.78 Å². The molecule has 0 bridgehead atoms. The lowest BCUT2D eigenvalue weighted by atomic mass is 9.82. The Morgan fingerprint density at radius 2 is 1.87 bits per heavy atom. The molecule has 0 saturated carbocycles. The molecule has 1 atom stereocenters. The normalized spacial score (nSPS) is 14.5. The van der Waals surface area contributed by atoms with Gasteiger partial charge in [-0.2, -0.15) is 0 Å². The van der Waals surface area contributed by atoms with Gasteiger partial charge in [0.25, 0.3) is 0 Å². The van der Waals surface area contributed by atoms with Crippen LogP contribution in [0, 0.1) is 0 Å². The van der Waals surface area contributed by atoms with E-state index in [1.807, 2.05) is 32.9 Å². The third-order valence-corrected chi connectivity index (χ3v) is 4.66. The molecule has 0 aliphatic heterocycles. The topological polar surface area (TPSA) is 46.5 Å². The van der Waals surface area contributed by atoms with Crippen LogP contribution in [0.15, 0.2) is 42.0 Å². The molecular weight excluding hydrogens is 386 g/mol. The Bertz CT molecular complexity index is 828. The molecule has 0 aliphatic rings. The number of alkyl halides is 2. The first-order valence-electron chi connectivity index (χ1n) is 10.1. The first-order chi connectivity index (χ1) is 13.9. The SMILES string of the molecule is CC(/C=C/C=C(\C)c1cc(C(C)(C)C)cc(C(C)C)c1OCC(F)CF)=C\C(=O)O. The second-order valence-electron chi connectivity index (χ2n) is 8.84.